The van der Waals surface area contributed by atoms with Crippen molar-refractivity contribution in [2.45, 2.75) is 6.92 Å². The fourth-order valence-corrected chi connectivity index (χ4v) is 2.51. The molecule has 3 aromatic rings. The zero-order valence-corrected chi connectivity index (χ0v) is 13.5. The van der Waals surface area contributed by atoms with Crippen molar-refractivity contribution in [1.82, 2.24) is 9.97 Å². The summed E-state index contributed by atoms with van der Waals surface area (Å²) in [5, 5.41) is 12.2. The number of nitrogens with zero attached hydrogens (tertiary/aromatic N) is 3. The Balaban J connectivity index is 2.10. The van der Waals surface area contributed by atoms with Gasteiger partial charge in [0.25, 0.3) is 0 Å². The lowest BCUT2D eigenvalue weighted by atomic mass is 9.98. The van der Waals surface area contributed by atoms with Crippen LogP contribution >= 0.6 is 0 Å². The highest BCUT2D eigenvalue weighted by Gasteiger charge is 2.13. The minimum absolute atomic E-state index is 0.141. The van der Waals surface area contributed by atoms with E-state index in [0.29, 0.717) is 22.5 Å². The third-order valence-electron chi connectivity index (χ3n) is 3.63. The Bertz CT molecular complexity index is 960. The summed E-state index contributed by atoms with van der Waals surface area (Å²) in [4.78, 5) is 19.5. The highest BCUT2D eigenvalue weighted by atomic mass is 16.1. The molecule has 0 spiro atoms. The van der Waals surface area contributed by atoms with Gasteiger partial charge in [0.1, 0.15) is 17.5 Å². The summed E-state index contributed by atoms with van der Waals surface area (Å²) in [6.45, 7) is 1.45. The van der Waals surface area contributed by atoms with E-state index < -0.39 is 0 Å². The van der Waals surface area contributed by atoms with E-state index >= 15 is 0 Å². The first kappa shape index (κ1) is 16.1. The van der Waals surface area contributed by atoms with Crippen molar-refractivity contribution in [3.63, 3.8) is 0 Å². The quantitative estimate of drug-likeness (QED) is 0.767. The molecule has 0 aliphatic rings. The molecule has 0 aliphatic carbocycles. The van der Waals surface area contributed by atoms with Crippen LogP contribution in [0.1, 0.15) is 12.5 Å². The van der Waals surface area contributed by atoms with E-state index in [9.17, 15) is 10.1 Å². The summed E-state index contributed by atoms with van der Waals surface area (Å²) in [5.41, 5.74) is 9.95. The van der Waals surface area contributed by atoms with Crippen LogP contribution in [0.2, 0.25) is 0 Å². The molecule has 0 saturated carbocycles. The Labute approximate surface area is 145 Å². The summed E-state index contributed by atoms with van der Waals surface area (Å²) in [6, 6.07) is 14.8. The molecule has 2 heterocycles. The number of nitrogens with two attached hydrogens (primary N) is 1. The van der Waals surface area contributed by atoms with Gasteiger partial charge in [-0.25, -0.2) is 4.98 Å². The van der Waals surface area contributed by atoms with Gasteiger partial charge >= 0.3 is 0 Å². The van der Waals surface area contributed by atoms with Crippen LogP contribution in [0.15, 0.2) is 54.9 Å². The minimum Gasteiger partial charge on any atom is -0.383 e. The van der Waals surface area contributed by atoms with Gasteiger partial charge in [0.05, 0.1) is 5.69 Å². The Morgan fingerprint density at radius 2 is 1.96 bits per heavy atom. The molecule has 0 atom stereocenters. The predicted octanol–water partition coefficient (Wildman–Crippen LogP) is 3.22. The average Bonchev–Trinajstić information content (AvgIpc) is 2.62. The molecule has 6 nitrogen and oxygen atoms in total. The predicted molar refractivity (Wildman–Crippen MR) is 96.3 cm³/mol. The molecule has 25 heavy (non-hydrogen) atoms. The SMILES string of the molecule is CC(=O)Nc1ccc(-c2cc(-c3cccnc3)nc(N)c2C#N)cc1. The maximum Gasteiger partial charge on any atom is 0.221 e. The van der Waals surface area contributed by atoms with Gasteiger partial charge < -0.3 is 11.1 Å². The number of benzene rings is 1. The Kier molecular flexibility index (Phi) is 4.40. The van der Waals surface area contributed by atoms with Gasteiger partial charge in [-0.05, 0) is 35.9 Å². The van der Waals surface area contributed by atoms with Gasteiger partial charge in [-0.1, -0.05) is 12.1 Å². The zero-order valence-electron chi connectivity index (χ0n) is 13.5. The van der Waals surface area contributed by atoms with Crippen LogP contribution in [0.5, 0.6) is 0 Å². The first-order valence-corrected chi connectivity index (χ1v) is 7.57. The fraction of sp³-hybridized carbons (Fsp3) is 0.0526. The van der Waals surface area contributed by atoms with Crippen LogP contribution in [0.25, 0.3) is 22.4 Å². The highest BCUT2D eigenvalue weighted by molar-refractivity contribution is 5.89. The molecular weight excluding hydrogens is 314 g/mol. The molecule has 3 rings (SSSR count). The van der Waals surface area contributed by atoms with E-state index in [-0.39, 0.29) is 11.7 Å². The van der Waals surface area contributed by atoms with E-state index in [1.54, 1.807) is 24.5 Å². The number of hydrogen-bond acceptors (Lipinski definition) is 5. The highest BCUT2D eigenvalue weighted by Crippen LogP contribution is 2.31. The van der Waals surface area contributed by atoms with Crippen LogP contribution in [-0.4, -0.2) is 15.9 Å². The molecule has 0 bridgehead atoms. The van der Waals surface area contributed by atoms with Gasteiger partial charge in [-0.2, -0.15) is 5.26 Å². The zero-order chi connectivity index (χ0) is 17.8. The van der Waals surface area contributed by atoms with Gasteiger partial charge in [-0.3, -0.25) is 9.78 Å². The molecule has 0 unspecified atom stereocenters. The molecule has 6 heteroatoms. The number of carbonyl (C=O) groups excluding carboxylic acids is 1. The second kappa shape index (κ2) is 6.81. The number of carbonyl (C=O) groups is 1. The van der Waals surface area contributed by atoms with Crippen molar-refractivity contribution in [2.75, 3.05) is 11.1 Å². The van der Waals surface area contributed by atoms with E-state index in [0.717, 1.165) is 11.1 Å². The topological polar surface area (TPSA) is 105 Å². The van der Waals surface area contributed by atoms with Gasteiger partial charge in [0.2, 0.25) is 5.91 Å². The van der Waals surface area contributed by atoms with Crippen LogP contribution in [0.4, 0.5) is 11.5 Å². The first-order valence-electron chi connectivity index (χ1n) is 7.57. The van der Waals surface area contributed by atoms with Crippen LogP contribution in [0, 0.1) is 11.3 Å². The number of rotatable bonds is 3. The molecular formula is C19H15N5O. The van der Waals surface area contributed by atoms with Crippen molar-refractivity contribution in [3.8, 4) is 28.5 Å². The Hall–Kier alpha value is -3.72. The number of hydrogen-bond donors (Lipinski definition) is 2. The van der Waals surface area contributed by atoms with Crippen molar-refractivity contribution in [1.29, 1.82) is 5.26 Å². The lowest BCUT2D eigenvalue weighted by Gasteiger charge is -2.11. The molecule has 1 aromatic carbocycles. The number of aromatic nitrogens is 2. The fourth-order valence-electron chi connectivity index (χ4n) is 2.51. The minimum atomic E-state index is -0.141. The number of nitrogens with one attached hydrogen (secondary N) is 1. The van der Waals surface area contributed by atoms with E-state index in [4.69, 9.17) is 5.73 Å². The van der Waals surface area contributed by atoms with Crippen molar-refractivity contribution >= 4 is 17.4 Å². The molecule has 0 fully saturated rings. The summed E-state index contributed by atoms with van der Waals surface area (Å²) >= 11 is 0. The van der Waals surface area contributed by atoms with Crippen LogP contribution in [-0.2, 0) is 4.79 Å². The summed E-state index contributed by atoms with van der Waals surface area (Å²) in [6.07, 6.45) is 3.37. The van der Waals surface area contributed by atoms with Gasteiger partial charge in [0, 0.05) is 36.1 Å². The maximum atomic E-state index is 11.1. The van der Waals surface area contributed by atoms with Crippen molar-refractivity contribution < 1.29 is 4.79 Å². The van der Waals surface area contributed by atoms with Gasteiger partial charge in [-0.15, -0.1) is 0 Å². The second-order valence-corrected chi connectivity index (χ2v) is 5.43. The van der Waals surface area contributed by atoms with E-state index in [2.05, 4.69) is 21.4 Å². The molecule has 0 radical (unpaired) electrons. The molecule has 0 aliphatic heterocycles. The van der Waals surface area contributed by atoms with Crippen molar-refractivity contribution in [3.05, 3.63) is 60.4 Å². The Morgan fingerprint density at radius 3 is 2.56 bits per heavy atom. The number of amides is 1. The summed E-state index contributed by atoms with van der Waals surface area (Å²) in [5.74, 6) is 0.0299. The van der Waals surface area contributed by atoms with E-state index in [1.165, 1.54) is 6.92 Å². The van der Waals surface area contributed by atoms with Gasteiger partial charge in [0.15, 0.2) is 0 Å². The largest absolute Gasteiger partial charge is 0.383 e. The normalized spacial score (nSPS) is 10.1. The Morgan fingerprint density at radius 1 is 1.20 bits per heavy atom. The number of anilines is 2. The smallest absolute Gasteiger partial charge is 0.221 e. The van der Waals surface area contributed by atoms with Crippen molar-refractivity contribution in [2.24, 2.45) is 0 Å². The van der Waals surface area contributed by atoms with E-state index in [1.807, 2.05) is 30.3 Å². The lowest BCUT2D eigenvalue weighted by molar-refractivity contribution is -0.114. The molecule has 0 saturated heterocycles. The average molecular weight is 329 g/mol. The van der Waals surface area contributed by atoms with Crippen LogP contribution in [0.3, 0.4) is 0 Å². The summed E-state index contributed by atoms with van der Waals surface area (Å²) < 4.78 is 0. The number of nitrogen functional groups attached to an aromatic ring is 1. The molecule has 122 valence electrons. The standard InChI is InChI=1S/C19H15N5O/c1-12(25)23-15-6-4-13(5-7-15)16-9-18(14-3-2-8-22-11-14)24-19(21)17(16)10-20/h2-9,11H,1H3,(H2,21,24)(H,23,25). The lowest BCUT2D eigenvalue weighted by Crippen LogP contribution is -2.05. The molecule has 1 amide bonds. The third kappa shape index (κ3) is 3.46. The number of nitriles is 1. The summed E-state index contributed by atoms with van der Waals surface area (Å²) in [7, 11) is 0. The molecule has 3 N–H and O–H groups in total. The third-order valence-corrected chi connectivity index (χ3v) is 3.63. The first-order chi connectivity index (χ1) is 12.1. The van der Waals surface area contributed by atoms with Crippen LogP contribution < -0.4 is 11.1 Å². The monoisotopic (exact) mass is 329 g/mol. The molecule has 2 aromatic heterocycles. The second-order valence-electron chi connectivity index (χ2n) is 5.43. The maximum absolute atomic E-state index is 11.1. The number of pyridine rings is 2.